The van der Waals surface area contributed by atoms with Gasteiger partial charge in [-0.1, -0.05) is 29.8 Å². The van der Waals surface area contributed by atoms with Gasteiger partial charge in [0.05, 0.1) is 6.10 Å². The molecule has 2 aromatic carbocycles. The summed E-state index contributed by atoms with van der Waals surface area (Å²) in [6.45, 7) is 0. The third-order valence-electron chi connectivity index (χ3n) is 5.39. The summed E-state index contributed by atoms with van der Waals surface area (Å²) in [5.41, 5.74) is 8.20. The van der Waals surface area contributed by atoms with Crippen LogP contribution in [0.4, 0.5) is 0 Å². The molecule has 8 nitrogen and oxygen atoms in total. The first-order valence-corrected chi connectivity index (χ1v) is 9.26. The van der Waals surface area contributed by atoms with Crippen molar-refractivity contribution in [3.05, 3.63) is 58.1 Å². The quantitative estimate of drug-likeness (QED) is 0.329. The van der Waals surface area contributed by atoms with Gasteiger partial charge in [0.15, 0.2) is 11.5 Å². The largest absolute Gasteiger partial charge is 1.00 e. The van der Waals surface area contributed by atoms with Crippen molar-refractivity contribution in [2.45, 2.75) is 30.8 Å². The van der Waals surface area contributed by atoms with Crippen LogP contribution >= 0.6 is 11.6 Å². The van der Waals surface area contributed by atoms with E-state index in [1.165, 1.54) is 6.07 Å². The van der Waals surface area contributed by atoms with Crippen molar-refractivity contribution in [1.29, 1.82) is 0 Å². The van der Waals surface area contributed by atoms with Gasteiger partial charge >= 0.3 is 64.9 Å². The third-order valence-corrected chi connectivity index (χ3v) is 5.63. The van der Waals surface area contributed by atoms with E-state index in [4.69, 9.17) is 26.8 Å². The minimum atomic E-state index is -3.04. The van der Waals surface area contributed by atoms with Crippen molar-refractivity contribution in [2.24, 2.45) is 11.7 Å². The molecule has 4 rings (SSSR count). The van der Waals surface area contributed by atoms with Crippen LogP contribution in [0, 0.1) is 5.92 Å². The molecule has 3 unspecified atom stereocenters. The van der Waals surface area contributed by atoms with Crippen molar-refractivity contribution in [3.8, 4) is 11.5 Å². The Morgan fingerprint density at radius 2 is 1.87 bits per heavy atom. The number of nitrogens with two attached hydrogens (primary N) is 1. The Balaban J connectivity index is 0.00000171. The average molecular weight is 464 g/mol. The number of ether oxygens (including phenoxy) is 2. The van der Waals surface area contributed by atoms with E-state index in [0.29, 0.717) is 34.6 Å². The summed E-state index contributed by atoms with van der Waals surface area (Å²) >= 11 is 5.98. The van der Waals surface area contributed by atoms with Crippen LogP contribution in [0.25, 0.3) is 0 Å². The molecule has 152 valence electrons. The van der Waals surface area contributed by atoms with Gasteiger partial charge in [0.1, 0.15) is 11.9 Å². The number of aliphatic carboxylic acids is 2. The second-order valence-corrected chi connectivity index (χ2v) is 7.59. The number of carboxylic acid groups (broad SMARTS) is 2. The molecular formula is C20H16ClNNa2O7. The van der Waals surface area contributed by atoms with Crippen LogP contribution in [0.5, 0.6) is 11.5 Å². The predicted molar refractivity (Wildman–Crippen MR) is 95.6 cm³/mol. The second kappa shape index (κ2) is 9.99. The summed E-state index contributed by atoms with van der Waals surface area (Å²) in [7, 11) is 0. The van der Waals surface area contributed by atoms with Gasteiger partial charge < -0.3 is 40.1 Å². The van der Waals surface area contributed by atoms with Gasteiger partial charge in [0.2, 0.25) is 0 Å². The first-order chi connectivity index (χ1) is 13.7. The monoisotopic (exact) mass is 463 g/mol. The minimum absolute atomic E-state index is 0. The maximum atomic E-state index is 11.3. The van der Waals surface area contributed by atoms with Crippen LogP contribution in [-0.4, -0.2) is 22.8 Å². The van der Waals surface area contributed by atoms with Crippen LogP contribution in [0.15, 0.2) is 36.4 Å². The standard InChI is InChI=1S/C20H18ClNO7.2Na/c21-11-3-1-2-9(6-11)14(23)8-10-7-13-12(16(10)22)4-5-15-17(13)29-20(28-15,18(24)25)19(26)27;;/h1-6,10,14,16,23H,7-8,22H2,(H,24,25)(H,26,27);;/q;2*+1/p-2. The Bertz CT molecular complexity index is 1010. The molecule has 1 aliphatic carbocycles. The van der Waals surface area contributed by atoms with Crippen LogP contribution in [0.3, 0.4) is 0 Å². The number of fused-ring (bicyclic) bond motifs is 3. The number of aliphatic hydroxyl groups excluding tert-OH is 1. The molecule has 2 aliphatic rings. The number of carbonyl (C=O) groups excluding carboxylic acids is 2. The number of carboxylic acids is 2. The van der Waals surface area contributed by atoms with Gasteiger partial charge in [-0.3, -0.25) is 0 Å². The van der Waals surface area contributed by atoms with Crippen LogP contribution in [0.1, 0.15) is 35.3 Å². The molecule has 0 radical (unpaired) electrons. The molecule has 0 fully saturated rings. The Morgan fingerprint density at radius 3 is 2.48 bits per heavy atom. The van der Waals surface area contributed by atoms with Crippen LogP contribution in [-0.2, 0) is 16.0 Å². The zero-order valence-electron chi connectivity index (χ0n) is 17.0. The van der Waals surface area contributed by atoms with Crippen molar-refractivity contribution in [1.82, 2.24) is 0 Å². The fourth-order valence-corrected chi connectivity index (χ4v) is 4.11. The van der Waals surface area contributed by atoms with Crippen molar-refractivity contribution in [2.75, 3.05) is 0 Å². The molecule has 3 N–H and O–H groups in total. The maximum absolute atomic E-state index is 11.3. The molecule has 2 aromatic rings. The van der Waals surface area contributed by atoms with E-state index in [-0.39, 0.29) is 76.5 Å². The minimum Gasteiger partial charge on any atom is -0.542 e. The van der Waals surface area contributed by atoms with E-state index in [1.807, 2.05) is 0 Å². The van der Waals surface area contributed by atoms with Crippen LogP contribution in [0.2, 0.25) is 5.02 Å². The van der Waals surface area contributed by atoms with Crippen molar-refractivity contribution in [3.63, 3.8) is 0 Å². The van der Waals surface area contributed by atoms with Gasteiger partial charge in [0, 0.05) is 16.6 Å². The zero-order valence-corrected chi connectivity index (χ0v) is 21.7. The SMILES string of the molecule is NC1c2ccc3c(c2CC1CC(O)c1cccc(Cl)c1)OC(C(=O)[O-])(C(=O)[O-])O3.[Na+].[Na+]. The summed E-state index contributed by atoms with van der Waals surface area (Å²) in [4.78, 5) is 22.7. The van der Waals surface area contributed by atoms with Gasteiger partial charge in [-0.25, -0.2) is 0 Å². The predicted octanol–water partition coefficient (Wildman–Crippen LogP) is -6.39. The second-order valence-electron chi connectivity index (χ2n) is 7.15. The van der Waals surface area contributed by atoms with E-state index < -0.39 is 29.9 Å². The van der Waals surface area contributed by atoms with Crippen molar-refractivity contribution >= 4 is 23.5 Å². The molecule has 1 aliphatic heterocycles. The molecule has 0 amide bonds. The molecule has 0 spiro atoms. The Kier molecular flexibility index (Phi) is 8.52. The topological polar surface area (TPSA) is 145 Å². The van der Waals surface area contributed by atoms with Gasteiger partial charge in [-0.2, -0.15) is 0 Å². The van der Waals surface area contributed by atoms with Crippen LogP contribution < -0.4 is 84.5 Å². The summed E-state index contributed by atoms with van der Waals surface area (Å²) in [5, 5.41) is 33.8. The van der Waals surface area contributed by atoms with E-state index in [1.54, 1.807) is 30.3 Å². The number of rotatable bonds is 5. The number of benzene rings is 2. The summed E-state index contributed by atoms with van der Waals surface area (Å²) < 4.78 is 10.2. The number of carbonyl (C=O) groups is 2. The fraction of sp³-hybridized carbons (Fsp3) is 0.300. The van der Waals surface area contributed by atoms with E-state index in [9.17, 15) is 24.9 Å². The number of aliphatic hydroxyl groups is 1. The Morgan fingerprint density at radius 1 is 1.19 bits per heavy atom. The molecule has 0 saturated heterocycles. The summed E-state index contributed by atoms with van der Waals surface area (Å²) in [6.07, 6.45) is -0.149. The van der Waals surface area contributed by atoms with E-state index in [0.717, 1.165) is 0 Å². The average Bonchev–Trinajstić information content (AvgIpc) is 3.21. The first kappa shape index (κ1) is 26.4. The summed E-state index contributed by atoms with van der Waals surface area (Å²) in [6, 6.07) is 9.44. The third kappa shape index (κ3) is 4.64. The fourth-order valence-electron chi connectivity index (χ4n) is 3.92. The maximum Gasteiger partial charge on any atom is 1.00 e. The molecule has 31 heavy (non-hydrogen) atoms. The molecule has 0 saturated carbocycles. The molecule has 11 heteroatoms. The zero-order chi connectivity index (χ0) is 20.9. The van der Waals surface area contributed by atoms with Gasteiger partial charge in [-0.05, 0) is 48.1 Å². The van der Waals surface area contributed by atoms with Gasteiger partial charge in [-0.15, -0.1) is 0 Å². The van der Waals surface area contributed by atoms with E-state index in [2.05, 4.69) is 0 Å². The summed E-state index contributed by atoms with van der Waals surface area (Å²) in [5.74, 6) is -7.43. The molecular weight excluding hydrogens is 448 g/mol. The number of hydrogen-bond acceptors (Lipinski definition) is 8. The first-order valence-electron chi connectivity index (χ1n) is 8.88. The molecule has 3 atom stereocenters. The van der Waals surface area contributed by atoms with Gasteiger partial charge in [0.25, 0.3) is 0 Å². The molecule has 0 bridgehead atoms. The van der Waals surface area contributed by atoms with E-state index >= 15 is 0 Å². The molecule has 1 heterocycles. The number of hydrogen-bond donors (Lipinski definition) is 2. The Hall–Kier alpha value is -0.810. The number of halogens is 1. The van der Waals surface area contributed by atoms with Crippen molar-refractivity contribution < 1.29 is 93.5 Å². The smallest absolute Gasteiger partial charge is 0.542 e. The normalized spacial score (nSPS) is 20.7. The molecule has 0 aromatic heterocycles. The Labute approximate surface area is 227 Å².